The highest BCUT2D eigenvalue weighted by molar-refractivity contribution is 7.10. The summed E-state index contributed by atoms with van der Waals surface area (Å²) in [6.07, 6.45) is 9.03. The number of hydrogen-bond acceptors (Lipinski definition) is 4. The number of carbonyl (C=O) groups is 1. The number of allylic oxidation sites excluding steroid dienone is 3. The zero-order valence-electron chi connectivity index (χ0n) is 8.30. The fourth-order valence-corrected chi connectivity index (χ4v) is 1.20. The number of rotatable bonds is 4. The molecule has 0 saturated heterocycles. The quantitative estimate of drug-likeness (QED) is 0.766. The van der Waals surface area contributed by atoms with E-state index in [1.165, 1.54) is 6.20 Å². The summed E-state index contributed by atoms with van der Waals surface area (Å²) in [4.78, 5) is 11.2. The Morgan fingerprint density at radius 3 is 3.13 bits per heavy atom. The molecule has 15 heavy (non-hydrogen) atoms. The van der Waals surface area contributed by atoms with Crippen LogP contribution < -0.4 is 10.6 Å². The summed E-state index contributed by atoms with van der Waals surface area (Å²) in [5, 5.41) is 9.49. The molecule has 80 valence electrons. The van der Waals surface area contributed by atoms with Crippen LogP contribution in [0.1, 0.15) is 6.92 Å². The third-order valence-corrected chi connectivity index (χ3v) is 2.00. The number of anilines is 1. The van der Waals surface area contributed by atoms with E-state index < -0.39 is 0 Å². The van der Waals surface area contributed by atoms with Gasteiger partial charge in [0.2, 0.25) is 0 Å². The second-order valence-corrected chi connectivity index (χ2v) is 3.36. The van der Waals surface area contributed by atoms with Crippen LogP contribution in [0.15, 0.2) is 30.5 Å². The van der Waals surface area contributed by atoms with Gasteiger partial charge in [-0.1, -0.05) is 28.8 Å². The predicted molar refractivity (Wildman–Crippen MR) is 60.9 cm³/mol. The Balaban J connectivity index is 2.19. The van der Waals surface area contributed by atoms with Crippen molar-refractivity contribution in [1.82, 2.24) is 14.9 Å². The van der Waals surface area contributed by atoms with Gasteiger partial charge in [0.05, 0.1) is 6.20 Å². The van der Waals surface area contributed by atoms with Crippen molar-refractivity contribution < 1.29 is 4.79 Å². The number of carbonyl (C=O) groups excluding carboxylic acids is 1. The lowest BCUT2D eigenvalue weighted by Gasteiger charge is -2.01. The Morgan fingerprint density at radius 1 is 1.60 bits per heavy atom. The predicted octanol–water partition coefficient (Wildman–Crippen LogP) is 1.79. The molecule has 0 aliphatic rings. The molecule has 0 aliphatic carbocycles. The number of amides is 2. The zero-order chi connectivity index (χ0) is 10.9. The molecule has 2 N–H and O–H groups in total. The maximum absolute atomic E-state index is 11.2. The van der Waals surface area contributed by atoms with Crippen LogP contribution in [0.2, 0.25) is 0 Å². The molecule has 1 rings (SSSR count). The molecule has 5 nitrogen and oxygen atoms in total. The van der Waals surface area contributed by atoms with Gasteiger partial charge in [-0.05, 0) is 6.92 Å². The lowest BCUT2D eigenvalue weighted by Crippen LogP contribution is -2.28. The summed E-state index contributed by atoms with van der Waals surface area (Å²) in [5.41, 5.74) is 0. The van der Waals surface area contributed by atoms with Crippen LogP contribution in [0.5, 0.6) is 0 Å². The summed E-state index contributed by atoms with van der Waals surface area (Å²) >= 11 is 1.14. The number of nitrogens with one attached hydrogen (secondary N) is 2. The van der Waals surface area contributed by atoms with E-state index in [1.54, 1.807) is 0 Å². The third kappa shape index (κ3) is 4.92. The Kier molecular flexibility index (Phi) is 5.10. The van der Waals surface area contributed by atoms with E-state index in [-0.39, 0.29) is 6.03 Å². The van der Waals surface area contributed by atoms with Crippen molar-refractivity contribution in [3.8, 4) is 0 Å². The molecule has 1 heterocycles. The lowest BCUT2D eigenvalue weighted by atomic mass is 10.4. The maximum Gasteiger partial charge on any atom is 0.320 e. The van der Waals surface area contributed by atoms with Gasteiger partial charge in [-0.2, -0.15) is 0 Å². The fourth-order valence-electron chi connectivity index (χ4n) is 0.788. The van der Waals surface area contributed by atoms with Gasteiger partial charge in [0, 0.05) is 18.1 Å². The number of urea groups is 1. The summed E-state index contributed by atoms with van der Waals surface area (Å²) in [6, 6.07) is -0.258. The van der Waals surface area contributed by atoms with Crippen molar-refractivity contribution in [1.29, 1.82) is 0 Å². The summed E-state index contributed by atoms with van der Waals surface area (Å²) < 4.78 is 3.62. The molecule has 0 bridgehead atoms. The molecule has 2 amide bonds. The molecule has 0 saturated carbocycles. The third-order valence-electron chi connectivity index (χ3n) is 1.42. The number of aromatic nitrogens is 2. The van der Waals surface area contributed by atoms with E-state index in [2.05, 4.69) is 20.2 Å². The van der Waals surface area contributed by atoms with Gasteiger partial charge in [-0.3, -0.25) is 5.32 Å². The fraction of sp³-hybridized carbons (Fsp3) is 0.222. The Morgan fingerprint density at radius 2 is 2.47 bits per heavy atom. The first-order valence-corrected chi connectivity index (χ1v) is 5.20. The van der Waals surface area contributed by atoms with Gasteiger partial charge in [-0.15, -0.1) is 5.10 Å². The van der Waals surface area contributed by atoms with Crippen LogP contribution in [0.4, 0.5) is 9.80 Å². The molecule has 0 atom stereocenters. The van der Waals surface area contributed by atoms with Crippen LogP contribution >= 0.6 is 11.5 Å². The van der Waals surface area contributed by atoms with Gasteiger partial charge >= 0.3 is 6.03 Å². The molecule has 0 aliphatic heterocycles. The van der Waals surface area contributed by atoms with Crippen LogP contribution in [-0.4, -0.2) is 22.2 Å². The molecule has 0 aromatic carbocycles. The largest absolute Gasteiger partial charge is 0.334 e. The van der Waals surface area contributed by atoms with E-state index in [9.17, 15) is 4.79 Å². The first-order chi connectivity index (χ1) is 7.33. The average Bonchev–Trinajstić information content (AvgIpc) is 2.70. The Hall–Kier alpha value is -1.69. The molecule has 6 heteroatoms. The van der Waals surface area contributed by atoms with Gasteiger partial charge < -0.3 is 5.32 Å². The molecule has 0 unspecified atom stereocenters. The van der Waals surface area contributed by atoms with Crippen molar-refractivity contribution in [3.05, 3.63) is 30.5 Å². The minimum absolute atomic E-state index is 0.258. The van der Waals surface area contributed by atoms with Gasteiger partial charge in [0.1, 0.15) is 5.00 Å². The molecular formula is C9H12N4OS. The maximum atomic E-state index is 11.2. The highest BCUT2D eigenvalue weighted by Gasteiger charge is 2.00. The molecule has 0 spiro atoms. The number of nitrogens with zero attached hydrogens (tertiary/aromatic N) is 2. The van der Waals surface area contributed by atoms with Crippen LogP contribution in [0, 0.1) is 0 Å². The Bertz CT molecular complexity index is 345. The zero-order valence-corrected chi connectivity index (χ0v) is 9.12. The second-order valence-electron chi connectivity index (χ2n) is 2.57. The summed E-state index contributed by atoms with van der Waals surface area (Å²) in [7, 11) is 0. The normalized spacial score (nSPS) is 11.0. The van der Waals surface area contributed by atoms with Crippen molar-refractivity contribution in [2.75, 3.05) is 11.9 Å². The minimum atomic E-state index is -0.258. The summed E-state index contributed by atoms with van der Waals surface area (Å²) in [6.45, 7) is 2.42. The smallest absolute Gasteiger partial charge is 0.320 e. The highest BCUT2D eigenvalue weighted by Crippen LogP contribution is 2.07. The van der Waals surface area contributed by atoms with Crippen LogP contribution in [0.3, 0.4) is 0 Å². The van der Waals surface area contributed by atoms with E-state index in [4.69, 9.17) is 0 Å². The molecular weight excluding hydrogens is 212 g/mol. The van der Waals surface area contributed by atoms with E-state index >= 15 is 0 Å². The van der Waals surface area contributed by atoms with Gasteiger partial charge in [0.15, 0.2) is 0 Å². The first-order valence-electron chi connectivity index (χ1n) is 4.43. The van der Waals surface area contributed by atoms with Crippen molar-refractivity contribution >= 4 is 22.6 Å². The first kappa shape index (κ1) is 11.4. The van der Waals surface area contributed by atoms with Crippen LogP contribution in [-0.2, 0) is 0 Å². The lowest BCUT2D eigenvalue weighted by molar-refractivity contribution is 0.253. The van der Waals surface area contributed by atoms with Crippen molar-refractivity contribution in [3.63, 3.8) is 0 Å². The van der Waals surface area contributed by atoms with Crippen LogP contribution in [0.25, 0.3) is 0 Å². The van der Waals surface area contributed by atoms with Gasteiger partial charge in [-0.25, -0.2) is 4.79 Å². The molecule has 1 aromatic heterocycles. The topological polar surface area (TPSA) is 66.9 Å². The standard InChI is InChI=1S/C9H12N4OS/c1-2-3-4-5-6-10-9(14)12-8-7-11-13-15-8/h2-5,7H,6H2,1H3,(H2,10,12,14). The molecule has 1 aromatic rings. The molecule has 0 fully saturated rings. The second kappa shape index (κ2) is 6.72. The Labute approximate surface area is 92.1 Å². The van der Waals surface area contributed by atoms with E-state index in [0.29, 0.717) is 11.5 Å². The van der Waals surface area contributed by atoms with Crippen molar-refractivity contribution in [2.24, 2.45) is 0 Å². The summed E-state index contributed by atoms with van der Waals surface area (Å²) in [5.74, 6) is 0. The average molecular weight is 224 g/mol. The van der Waals surface area contributed by atoms with E-state index in [1.807, 2.05) is 31.2 Å². The van der Waals surface area contributed by atoms with Crippen molar-refractivity contribution in [2.45, 2.75) is 6.92 Å². The monoisotopic (exact) mass is 224 g/mol. The highest BCUT2D eigenvalue weighted by atomic mass is 32.1. The SMILES string of the molecule is CC=CC=CCNC(=O)Nc1cnns1. The molecule has 0 radical (unpaired) electrons. The van der Waals surface area contributed by atoms with Gasteiger partial charge in [0.25, 0.3) is 0 Å². The minimum Gasteiger partial charge on any atom is -0.334 e. The number of hydrogen-bond donors (Lipinski definition) is 2. The van der Waals surface area contributed by atoms with E-state index in [0.717, 1.165) is 11.5 Å².